The Bertz CT molecular complexity index is 775. The van der Waals surface area contributed by atoms with Crippen LogP contribution < -0.4 is 34.4 Å². The van der Waals surface area contributed by atoms with Crippen molar-refractivity contribution in [2.24, 2.45) is 28.7 Å². The molecule has 29 heavy (non-hydrogen) atoms. The Labute approximate surface area is 173 Å². The van der Waals surface area contributed by atoms with Gasteiger partial charge in [0.2, 0.25) is 0 Å². The van der Waals surface area contributed by atoms with Crippen LogP contribution in [0.1, 0.15) is 27.8 Å². The molecule has 6 nitrogen and oxygen atoms in total. The highest BCUT2D eigenvalue weighted by Gasteiger charge is 1.90. The minimum atomic E-state index is 0.561. The van der Waals surface area contributed by atoms with Crippen LogP contribution in [0.3, 0.4) is 0 Å². The molecule has 0 heterocycles. The summed E-state index contributed by atoms with van der Waals surface area (Å²) in [6.07, 6.45) is 0. The fraction of sp³-hybridized carbons (Fsp3) is 0.217. The first-order valence-electron chi connectivity index (χ1n) is 9.56. The molecule has 0 fully saturated rings. The monoisotopic (exact) mass is 394 g/mol. The molecule has 0 aliphatic heterocycles. The van der Waals surface area contributed by atoms with E-state index in [2.05, 4.69) is 0 Å². The van der Waals surface area contributed by atoms with E-state index in [4.69, 9.17) is 34.4 Å². The van der Waals surface area contributed by atoms with Gasteiger partial charge in [0.15, 0.2) is 0 Å². The molecule has 0 amide bonds. The average Bonchev–Trinajstić information content (AvgIpc) is 2.80. The first-order valence-corrected chi connectivity index (χ1v) is 9.56. The maximum absolute atomic E-state index is 5.48. The lowest BCUT2D eigenvalue weighted by molar-refractivity contribution is 1.03. The molecule has 0 bridgehead atoms. The van der Waals surface area contributed by atoms with Crippen molar-refractivity contribution in [2.45, 2.75) is 32.7 Å². The maximum Gasteiger partial charge on any atom is 0.0317 e. The number of rotatable bonds is 5. The van der Waals surface area contributed by atoms with Gasteiger partial charge < -0.3 is 34.4 Å². The fourth-order valence-electron chi connectivity index (χ4n) is 2.42. The molecule has 0 saturated carbocycles. The lowest BCUT2D eigenvalue weighted by atomic mass is 10.1. The van der Waals surface area contributed by atoms with E-state index in [1.54, 1.807) is 0 Å². The van der Waals surface area contributed by atoms with Gasteiger partial charge in [0.1, 0.15) is 0 Å². The van der Waals surface area contributed by atoms with Gasteiger partial charge in [0, 0.05) is 38.4 Å². The third kappa shape index (κ3) is 9.84. The maximum atomic E-state index is 5.48. The van der Waals surface area contributed by atoms with Crippen molar-refractivity contribution in [1.29, 1.82) is 0 Å². The van der Waals surface area contributed by atoms with Gasteiger partial charge in [-0.3, -0.25) is 0 Å². The van der Waals surface area contributed by atoms with E-state index in [9.17, 15) is 0 Å². The van der Waals surface area contributed by atoms with Gasteiger partial charge in [-0.25, -0.2) is 0 Å². The summed E-state index contributed by atoms with van der Waals surface area (Å²) in [6.45, 7) is 2.95. The van der Waals surface area contributed by atoms with Crippen LogP contribution in [0.5, 0.6) is 0 Å². The second-order valence-corrected chi connectivity index (χ2v) is 6.40. The second-order valence-electron chi connectivity index (χ2n) is 6.40. The number of anilines is 1. The summed E-state index contributed by atoms with van der Waals surface area (Å²) in [5.41, 5.74) is 39.0. The molecular weight excluding hydrogens is 360 g/mol. The highest BCUT2D eigenvalue weighted by Crippen LogP contribution is 2.04. The van der Waals surface area contributed by atoms with Gasteiger partial charge in [-0.05, 0) is 39.9 Å². The summed E-state index contributed by atoms with van der Waals surface area (Å²) in [7, 11) is 0. The standard InChI is InChI=1S/2C8H12N2.C7H10N2/c9-5-7-1-2-8(6-10)4-3-7;9-5-7-2-1-3-8(4-7)6-10;8-5-6-2-1-3-7(9)4-6/h2*1-4H,5-6,9-10H2;1-4H,5,8-9H2. The number of benzene rings is 3. The molecule has 0 radical (unpaired) electrons. The third-order valence-electron chi connectivity index (χ3n) is 4.14. The Morgan fingerprint density at radius 2 is 0.759 bits per heavy atom. The molecule has 0 unspecified atom stereocenters. The number of hydrogen-bond donors (Lipinski definition) is 6. The third-order valence-corrected chi connectivity index (χ3v) is 4.14. The van der Waals surface area contributed by atoms with E-state index in [-0.39, 0.29) is 0 Å². The van der Waals surface area contributed by atoms with Crippen LogP contribution in [0.15, 0.2) is 72.8 Å². The Morgan fingerprint density at radius 1 is 0.414 bits per heavy atom. The predicted octanol–water partition coefficient (Wildman–Crippen LogP) is 1.94. The van der Waals surface area contributed by atoms with Gasteiger partial charge in [-0.2, -0.15) is 0 Å². The average molecular weight is 395 g/mol. The van der Waals surface area contributed by atoms with Crippen LogP contribution >= 0.6 is 0 Å². The molecule has 0 aromatic heterocycles. The molecule has 3 aromatic carbocycles. The summed E-state index contributed by atoms with van der Waals surface area (Å²) in [6, 6.07) is 23.6. The van der Waals surface area contributed by atoms with Crippen molar-refractivity contribution < 1.29 is 0 Å². The molecule has 0 aliphatic carbocycles. The van der Waals surface area contributed by atoms with Crippen molar-refractivity contribution in [3.05, 3.63) is 101 Å². The highest BCUT2D eigenvalue weighted by molar-refractivity contribution is 5.40. The van der Waals surface area contributed by atoms with Crippen LogP contribution in [0.2, 0.25) is 0 Å². The van der Waals surface area contributed by atoms with E-state index in [1.165, 1.54) is 0 Å². The van der Waals surface area contributed by atoms with E-state index in [1.807, 2.05) is 72.8 Å². The zero-order chi connectivity index (χ0) is 21.5. The summed E-state index contributed by atoms with van der Waals surface area (Å²) in [5, 5.41) is 0. The minimum Gasteiger partial charge on any atom is -0.399 e. The molecule has 12 N–H and O–H groups in total. The van der Waals surface area contributed by atoms with Gasteiger partial charge in [-0.1, -0.05) is 60.7 Å². The van der Waals surface area contributed by atoms with E-state index in [0.717, 1.165) is 33.5 Å². The molecule has 0 saturated heterocycles. The summed E-state index contributed by atoms with van der Waals surface area (Å²) in [5.74, 6) is 0. The van der Waals surface area contributed by atoms with Crippen LogP contribution in [0.4, 0.5) is 5.69 Å². The van der Waals surface area contributed by atoms with Crippen LogP contribution in [-0.2, 0) is 32.7 Å². The van der Waals surface area contributed by atoms with Crippen molar-refractivity contribution in [1.82, 2.24) is 0 Å². The summed E-state index contributed by atoms with van der Waals surface area (Å²) < 4.78 is 0. The Kier molecular flexibility index (Phi) is 12.0. The largest absolute Gasteiger partial charge is 0.399 e. The molecule has 6 heteroatoms. The van der Waals surface area contributed by atoms with Crippen LogP contribution in [0.25, 0.3) is 0 Å². The van der Waals surface area contributed by atoms with E-state index in [0.29, 0.717) is 32.7 Å². The highest BCUT2D eigenvalue weighted by atomic mass is 14.6. The molecule has 3 rings (SSSR count). The summed E-state index contributed by atoms with van der Waals surface area (Å²) in [4.78, 5) is 0. The second kappa shape index (κ2) is 14.3. The number of nitrogens with two attached hydrogens (primary N) is 6. The van der Waals surface area contributed by atoms with Gasteiger partial charge >= 0.3 is 0 Å². The normalized spacial score (nSPS) is 9.69. The summed E-state index contributed by atoms with van der Waals surface area (Å²) >= 11 is 0. The fourth-order valence-corrected chi connectivity index (χ4v) is 2.42. The molecule has 0 aliphatic rings. The predicted molar refractivity (Wildman–Crippen MR) is 123 cm³/mol. The Morgan fingerprint density at radius 3 is 1.07 bits per heavy atom. The first kappa shape index (κ1) is 24.3. The zero-order valence-electron chi connectivity index (χ0n) is 16.9. The van der Waals surface area contributed by atoms with E-state index >= 15 is 0 Å². The lowest BCUT2D eigenvalue weighted by Gasteiger charge is -1.98. The quantitative estimate of drug-likeness (QED) is 0.363. The smallest absolute Gasteiger partial charge is 0.0317 e. The van der Waals surface area contributed by atoms with Crippen molar-refractivity contribution in [2.75, 3.05) is 5.73 Å². The molecule has 0 atom stereocenters. The van der Waals surface area contributed by atoms with Crippen LogP contribution in [-0.4, -0.2) is 0 Å². The molecular formula is C23H34N6. The van der Waals surface area contributed by atoms with Crippen LogP contribution in [0, 0.1) is 0 Å². The SMILES string of the molecule is NCc1ccc(CN)cc1.NCc1cccc(CN)c1.NCc1cccc(N)c1. The van der Waals surface area contributed by atoms with Crippen molar-refractivity contribution in [3.63, 3.8) is 0 Å². The van der Waals surface area contributed by atoms with Gasteiger partial charge in [-0.15, -0.1) is 0 Å². The number of nitrogen functional groups attached to an aromatic ring is 1. The van der Waals surface area contributed by atoms with Crippen molar-refractivity contribution >= 4 is 5.69 Å². The molecule has 156 valence electrons. The lowest BCUT2D eigenvalue weighted by Crippen LogP contribution is -2.00. The molecule has 0 spiro atoms. The molecule has 3 aromatic rings. The number of hydrogen-bond acceptors (Lipinski definition) is 6. The van der Waals surface area contributed by atoms with Gasteiger partial charge in [0.05, 0.1) is 0 Å². The minimum absolute atomic E-state index is 0.561. The zero-order valence-corrected chi connectivity index (χ0v) is 16.9. The van der Waals surface area contributed by atoms with Gasteiger partial charge in [0.25, 0.3) is 0 Å². The Hall–Kier alpha value is -2.74. The van der Waals surface area contributed by atoms with E-state index < -0.39 is 0 Å². The first-order chi connectivity index (χ1) is 14.1. The topological polar surface area (TPSA) is 156 Å². The van der Waals surface area contributed by atoms with Crippen molar-refractivity contribution in [3.8, 4) is 0 Å². The Balaban J connectivity index is 0.000000218.